The monoisotopic (exact) mass is 289 g/mol. The summed E-state index contributed by atoms with van der Waals surface area (Å²) in [6.07, 6.45) is 5.38. The molecule has 0 aromatic heterocycles. The van der Waals surface area contributed by atoms with Crippen molar-refractivity contribution in [3.8, 4) is 0 Å². The Kier molecular flexibility index (Phi) is 4.20. The zero-order chi connectivity index (χ0) is 13.9. The van der Waals surface area contributed by atoms with Gasteiger partial charge in [0, 0.05) is 31.2 Å². The van der Waals surface area contributed by atoms with E-state index < -0.39 is 0 Å². The summed E-state index contributed by atoms with van der Waals surface area (Å²) in [7, 11) is 4.12. The van der Waals surface area contributed by atoms with E-state index in [2.05, 4.69) is 48.6 Å². The first-order valence-corrected chi connectivity index (χ1v) is 8.46. The van der Waals surface area contributed by atoms with Crippen LogP contribution >= 0.6 is 11.8 Å². The molecule has 1 aliphatic heterocycles. The summed E-state index contributed by atoms with van der Waals surface area (Å²) in [6, 6.07) is 9.10. The maximum Gasteiger partial charge on any atom is 0.161 e. The van der Waals surface area contributed by atoms with Crippen LogP contribution in [0.2, 0.25) is 0 Å². The second-order valence-corrected chi connectivity index (χ2v) is 6.93. The van der Waals surface area contributed by atoms with Crippen LogP contribution in [0.15, 0.2) is 29.3 Å². The van der Waals surface area contributed by atoms with Crippen molar-refractivity contribution < 1.29 is 0 Å². The molecule has 2 unspecified atom stereocenters. The highest BCUT2D eigenvalue weighted by atomic mass is 32.2. The molecule has 1 N–H and O–H groups in total. The van der Waals surface area contributed by atoms with Crippen LogP contribution in [-0.2, 0) is 0 Å². The van der Waals surface area contributed by atoms with E-state index >= 15 is 0 Å². The summed E-state index contributed by atoms with van der Waals surface area (Å²) in [5.41, 5.74) is 2.36. The zero-order valence-electron chi connectivity index (χ0n) is 12.3. The lowest BCUT2D eigenvalue weighted by Gasteiger charge is -2.32. The van der Waals surface area contributed by atoms with Gasteiger partial charge in [0.1, 0.15) is 0 Å². The molecule has 2 atom stereocenters. The normalized spacial score (nSPS) is 25.6. The smallest absolute Gasteiger partial charge is 0.161 e. The largest absolute Gasteiger partial charge is 0.378 e. The Morgan fingerprint density at radius 2 is 1.90 bits per heavy atom. The topological polar surface area (TPSA) is 27.6 Å². The number of nitrogens with zero attached hydrogens (tertiary/aromatic N) is 2. The average molecular weight is 289 g/mol. The standard InChI is InChI=1S/C16H23N3S/c1-19(2)14-9-7-13(8-10-14)17-16-18-15-6-4-3-5-12(15)11-20-16/h7-10,12,15H,3-6,11H2,1-2H3,(H,17,18). The average Bonchev–Trinajstić information content (AvgIpc) is 2.48. The molecule has 0 radical (unpaired) electrons. The molecule has 1 aliphatic carbocycles. The Morgan fingerprint density at radius 1 is 1.15 bits per heavy atom. The van der Waals surface area contributed by atoms with E-state index in [1.54, 1.807) is 0 Å². The van der Waals surface area contributed by atoms with Gasteiger partial charge in [-0.15, -0.1) is 0 Å². The third-order valence-corrected chi connectivity index (χ3v) is 5.30. The second-order valence-electron chi connectivity index (χ2n) is 5.92. The van der Waals surface area contributed by atoms with Crippen LogP contribution in [0, 0.1) is 5.92 Å². The molecule has 0 bridgehead atoms. The van der Waals surface area contributed by atoms with Crippen LogP contribution in [0.1, 0.15) is 25.7 Å². The van der Waals surface area contributed by atoms with E-state index in [0.717, 1.165) is 16.8 Å². The summed E-state index contributed by atoms with van der Waals surface area (Å²) >= 11 is 1.88. The van der Waals surface area contributed by atoms with E-state index in [1.807, 2.05) is 11.8 Å². The van der Waals surface area contributed by atoms with Crippen LogP contribution in [0.25, 0.3) is 0 Å². The number of hydrogen-bond donors (Lipinski definition) is 1. The minimum absolute atomic E-state index is 0.563. The van der Waals surface area contributed by atoms with Crippen molar-refractivity contribution in [1.29, 1.82) is 0 Å². The quantitative estimate of drug-likeness (QED) is 0.897. The molecular weight excluding hydrogens is 266 g/mol. The van der Waals surface area contributed by atoms with Crippen molar-refractivity contribution in [1.82, 2.24) is 0 Å². The predicted octanol–water partition coefficient (Wildman–Crippen LogP) is 3.83. The first-order valence-electron chi connectivity index (χ1n) is 7.47. The molecule has 4 heteroatoms. The van der Waals surface area contributed by atoms with Gasteiger partial charge in [-0.25, -0.2) is 0 Å². The number of anilines is 2. The van der Waals surface area contributed by atoms with E-state index in [-0.39, 0.29) is 0 Å². The van der Waals surface area contributed by atoms with Crippen molar-refractivity contribution >= 4 is 28.3 Å². The van der Waals surface area contributed by atoms with Gasteiger partial charge in [-0.1, -0.05) is 24.6 Å². The minimum atomic E-state index is 0.563. The molecule has 1 saturated carbocycles. The van der Waals surface area contributed by atoms with Gasteiger partial charge in [-0.2, -0.15) is 0 Å². The van der Waals surface area contributed by atoms with Crippen LogP contribution in [0.5, 0.6) is 0 Å². The highest BCUT2D eigenvalue weighted by Crippen LogP contribution is 2.34. The Bertz CT molecular complexity index is 481. The summed E-state index contributed by atoms with van der Waals surface area (Å²) in [6.45, 7) is 0. The third-order valence-electron chi connectivity index (χ3n) is 4.22. The Morgan fingerprint density at radius 3 is 2.65 bits per heavy atom. The SMILES string of the molecule is CN(C)c1ccc(NC2=NC3CCCCC3CS2)cc1. The molecule has 108 valence electrons. The number of thioether (sulfide) groups is 1. The number of fused-ring (bicyclic) bond motifs is 1. The Labute approximate surface area is 125 Å². The Balaban J connectivity index is 1.66. The predicted molar refractivity (Wildman–Crippen MR) is 90.0 cm³/mol. The van der Waals surface area contributed by atoms with E-state index in [4.69, 9.17) is 4.99 Å². The molecule has 0 amide bonds. The molecule has 0 spiro atoms. The van der Waals surface area contributed by atoms with Gasteiger partial charge in [-0.05, 0) is 43.0 Å². The molecule has 20 heavy (non-hydrogen) atoms. The second kappa shape index (κ2) is 6.08. The third kappa shape index (κ3) is 3.11. The molecule has 1 aromatic carbocycles. The fraction of sp³-hybridized carbons (Fsp3) is 0.562. The van der Waals surface area contributed by atoms with E-state index in [0.29, 0.717) is 6.04 Å². The van der Waals surface area contributed by atoms with E-state index in [1.165, 1.54) is 37.1 Å². The highest BCUT2D eigenvalue weighted by molar-refractivity contribution is 8.14. The molecule has 0 saturated heterocycles. The number of benzene rings is 1. The van der Waals surface area contributed by atoms with Crippen molar-refractivity contribution in [3.05, 3.63) is 24.3 Å². The fourth-order valence-corrected chi connectivity index (χ4v) is 4.12. The summed E-state index contributed by atoms with van der Waals surface area (Å²) in [5, 5.41) is 4.58. The van der Waals surface area contributed by atoms with Crippen LogP contribution in [0.4, 0.5) is 11.4 Å². The van der Waals surface area contributed by atoms with Crippen molar-refractivity contribution in [2.75, 3.05) is 30.1 Å². The maximum absolute atomic E-state index is 4.91. The van der Waals surface area contributed by atoms with Gasteiger partial charge in [0.15, 0.2) is 5.17 Å². The van der Waals surface area contributed by atoms with Crippen LogP contribution < -0.4 is 10.2 Å². The van der Waals surface area contributed by atoms with Crippen LogP contribution in [-0.4, -0.2) is 31.1 Å². The summed E-state index contributed by atoms with van der Waals surface area (Å²) < 4.78 is 0. The van der Waals surface area contributed by atoms with Gasteiger partial charge < -0.3 is 10.2 Å². The molecule has 1 fully saturated rings. The van der Waals surface area contributed by atoms with E-state index in [9.17, 15) is 0 Å². The molecular formula is C16H23N3S. The summed E-state index contributed by atoms with van der Waals surface area (Å²) in [5.74, 6) is 2.04. The number of aliphatic imine (C=N–C) groups is 1. The first-order chi connectivity index (χ1) is 9.72. The molecule has 2 aliphatic rings. The van der Waals surface area contributed by atoms with Gasteiger partial charge in [0.2, 0.25) is 0 Å². The lowest BCUT2D eigenvalue weighted by atomic mass is 9.86. The fourth-order valence-electron chi connectivity index (χ4n) is 2.96. The first kappa shape index (κ1) is 13.8. The van der Waals surface area contributed by atoms with Gasteiger partial charge in [-0.3, -0.25) is 4.99 Å². The molecule has 3 rings (SSSR count). The van der Waals surface area contributed by atoms with Crippen molar-refractivity contribution in [2.24, 2.45) is 10.9 Å². The van der Waals surface area contributed by atoms with Crippen LogP contribution in [0.3, 0.4) is 0 Å². The number of rotatable bonds is 2. The van der Waals surface area contributed by atoms with Gasteiger partial charge in [0.25, 0.3) is 0 Å². The van der Waals surface area contributed by atoms with Gasteiger partial charge >= 0.3 is 0 Å². The lowest BCUT2D eigenvalue weighted by molar-refractivity contribution is 0.336. The minimum Gasteiger partial charge on any atom is -0.378 e. The number of hydrogen-bond acceptors (Lipinski definition) is 4. The number of nitrogens with one attached hydrogen (secondary N) is 1. The van der Waals surface area contributed by atoms with Crippen molar-refractivity contribution in [3.63, 3.8) is 0 Å². The summed E-state index contributed by atoms with van der Waals surface area (Å²) in [4.78, 5) is 7.03. The Hall–Kier alpha value is -1.16. The van der Waals surface area contributed by atoms with Gasteiger partial charge in [0.05, 0.1) is 6.04 Å². The molecule has 1 heterocycles. The highest BCUT2D eigenvalue weighted by Gasteiger charge is 2.28. The molecule has 1 aromatic rings. The molecule has 3 nitrogen and oxygen atoms in total. The maximum atomic E-state index is 4.91. The van der Waals surface area contributed by atoms with Crippen molar-refractivity contribution in [2.45, 2.75) is 31.7 Å². The number of amidine groups is 1. The zero-order valence-corrected chi connectivity index (χ0v) is 13.1. The lowest BCUT2D eigenvalue weighted by Crippen LogP contribution is -2.31.